The van der Waals surface area contributed by atoms with Crippen molar-refractivity contribution in [3.8, 4) is 5.95 Å². The standard InChI is InChI=1S/C18H18FN5O3/c19-11-1-6-14-15(7-11)24(23-17(14)27)18-20-8-10(9-21-18)16(26)22-12-2-4-13(25)5-3-12/h1,6-9,12-13,25H,2-5H2,(H,22,26)(H,23,27). The van der Waals surface area contributed by atoms with Gasteiger partial charge in [-0.15, -0.1) is 0 Å². The van der Waals surface area contributed by atoms with Gasteiger partial charge in [-0.1, -0.05) is 0 Å². The molecular weight excluding hydrogens is 353 g/mol. The van der Waals surface area contributed by atoms with Crippen molar-refractivity contribution in [2.45, 2.75) is 37.8 Å². The smallest absolute Gasteiger partial charge is 0.272 e. The Labute approximate surface area is 153 Å². The lowest BCUT2D eigenvalue weighted by molar-refractivity contribution is 0.0867. The van der Waals surface area contributed by atoms with E-state index in [2.05, 4.69) is 20.4 Å². The molecule has 1 aromatic carbocycles. The number of H-pyrrole nitrogens is 1. The normalized spacial score (nSPS) is 19.9. The van der Waals surface area contributed by atoms with Crippen molar-refractivity contribution >= 4 is 16.8 Å². The van der Waals surface area contributed by atoms with Crippen LogP contribution in [0.2, 0.25) is 0 Å². The number of rotatable bonds is 3. The van der Waals surface area contributed by atoms with Crippen LogP contribution in [0.25, 0.3) is 16.9 Å². The van der Waals surface area contributed by atoms with Gasteiger partial charge in [0.2, 0.25) is 5.95 Å². The van der Waals surface area contributed by atoms with Gasteiger partial charge in [-0.3, -0.25) is 14.7 Å². The lowest BCUT2D eigenvalue weighted by atomic mass is 9.93. The number of fused-ring (bicyclic) bond motifs is 1. The molecule has 0 saturated heterocycles. The highest BCUT2D eigenvalue weighted by atomic mass is 19.1. The monoisotopic (exact) mass is 371 g/mol. The third-order valence-electron chi connectivity index (χ3n) is 4.79. The van der Waals surface area contributed by atoms with Gasteiger partial charge in [0.25, 0.3) is 11.5 Å². The van der Waals surface area contributed by atoms with Crippen LogP contribution in [-0.4, -0.2) is 42.9 Å². The molecule has 2 heterocycles. The van der Waals surface area contributed by atoms with Gasteiger partial charge >= 0.3 is 0 Å². The van der Waals surface area contributed by atoms with E-state index in [0.29, 0.717) is 23.7 Å². The van der Waals surface area contributed by atoms with Crippen LogP contribution in [0.3, 0.4) is 0 Å². The fourth-order valence-corrected chi connectivity index (χ4v) is 3.30. The lowest BCUT2D eigenvalue weighted by Gasteiger charge is -2.26. The Bertz CT molecular complexity index is 1040. The molecular formula is C18H18FN5O3. The van der Waals surface area contributed by atoms with Gasteiger partial charge in [0.15, 0.2) is 0 Å². The Kier molecular flexibility index (Phi) is 4.44. The van der Waals surface area contributed by atoms with E-state index in [9.17, 15) is 19.1 Å². The van der Waals surface area contributed by atoms with E-state index in [-0.39, 0.29) is 35.1 Å². The number of carbonyl (C=O) groups is 1. The number of hydrogen-bond acceptors (Lipinski definition) is 5. The first-order valence-corrected chi connectivity index (χ1v) is 8.73. The molecule has 9 heteroatoms. The molecule has 1 aliphatic carbocycles. The lowest BCUT2D eigenvalue weighted by Crippen LogP contribution is -2.38. The molecule has 3 aromatic rings. The Morgan fingerprint density at radius 3 is 2.63 bits per heavy atom. The van der Waals surface area contributed by atoms with Crippen molar-refractivity contribution in [2.24, 2.45) is 0 Å². The van der Waals surface area contributed by atoms with Gasteiger partial charge < -0.3 is 10.4 Å². The second-order valence-electron chi connectivity index (χ2n) is 6.69. The minimum atomic E-state index is -0.483. The number of nitrogens with one attached hydrogen (secondary N) is 2. The molecule has 0 atom stereocenters. The van der Waals surface area contributed by atoms with Crippen LogP contribution in [0.5, 0.6) is 0 Å². The van der Waals surface area contributed by atoms with Crippen molar-refractivity contribution in [3.63, 3.8) is 0 Å². The number of aromatic nitrogens is 4. The fourth-order valence-electron chi connectivity index (χ4n) is 3.30. The Morgan fingerprint density at radius 1 is 1.22 bits per heavy atom. The average Bonchev–Trinajstić information content (AvgIpc) is 2.99. The van der Waals surface area contributed by atoms with Crippen molar-refractivity contribution in [3.05, 3.63) is 52.3 Å². The minimum absolute atomic E-state index is 0.0216. The number of benzene rings is 1. The summed E-state index contributed by atoms with van der Waals surface area (Å²) < 4.78 is 14.8. The van der Waals surface area contributed by atoms with E-state index < -0.39 is 5.82 Å². The molecule has 1 fully saturated rings. The van der Waals surface area contributed by atoms with E-state index in [4.69, 9.17) is 0 Å². The van der Waals surface area contributed by atoms with E-state index in [1.165, 1.54) is 35.3 Å². The number of amides is 1. The van der Waals surface area contributed by atoms with Gasteiger partial charge in [-0.2, -0.15) is 0 Å². The number of aromatic amines is 1. The van der Waals surface area contributed by atoms with Crippen molar-refractivity contribution in [1.29, 1.82) is 0 Å². The van der Waals surface area contributed by atoms with E-state index in [1.54, 1.807) is 0 Å². The predicted molar refractivity (Wildman–Crippen MR) is 95.2 cm³/mol. The molecule has 3 N–H and O–H groups in total. The summed E-state index contributed by atoms with van der Waals surface area (Å²) in [5, 5.41) is 15.3. The van der Waals surface area contributed by atoms with Gasteiger partial charge in [0.05, 0.1) is 22.6 Å². The number of nitrogens with zero attached hydrogens (tertiary/aromatic N) is 3. The zero-order valence-corrected chi connectivity index (χ0v) is 14.4. The summed E-state index contributed by atoms with van der Waals surface area (Å²) in [6.07, 6.45) is 5.24. The molecule has 1 aliphatic rings. The van der Waals surface area contributed by atoms with Crippen LogP contribution in [-0.2, 0) is 0 Å². The molecule has 27 heavy (non-hydrogen) atoms. The van der Waals surface area contributed by atoms with Gasteiger partial charge in [-0.25, -0.2) is 19.0 Å². The number of halogens is 1. The summed E-state index contributed by atoms with van der Waals surface area (Å²) in [6, 6.07) is 3.84. The third kappa shape index (κ3) is 3.45. The minimum Gasteiger partial charge on any atom is -0.393 e. The topological polar surface area (TPSA) is 113 Å². The summed E-state index contributed by atoms with van der Waals surface area (Å²) in [7, 11) is 0. The van der Waals surface area contributed by atoms with Crippen molar-refractivity contribution in [1.82, 2.24) is 25.1 Å². The molecule has 0 aliphatic heterocycles. The summed E-state index contributed by atoms with van der Waals surface area (Å²) >= 11 is 0. The summed E-state index contributed by atoms with van der Waals surface area (Å²) in [4.78, 5) is 32.6. The maximum absolute atomic E-state index is 13.5. The first-order valence-electron chi connectivity index (χ1n) is 8.73. The third-order valence-corrected chi connectivity index (χ3v) is 4.79. The summed E-state index contributed by atoms with van der Waals surface area (Å²) in [5.74, 6) is -0.645. The SMILES string of the molecule is O=C(NC1CCC(O)CC1)c1cnc(-n2[nH]c(=O)c3ccc(F)cc32)nc1. The molecule has 140 valence electrons. The Morgan fingerprint density at radius 2 is 1.93 bits per heavy atom. The van der Waals surface area contributed by atoms with Crippen molar-refractivity contribution in [2.75, 3.05) is 0 Å². The first-order chi connectivity index (χ1) is 13.0. The maximum Gasteiger partial charge on any atom is 0.272 e. The van der Waals surface area contributed by atoms with Gasteiger partial charge in [0.1, 0.15) is 5.82 Å². The Hall–Kier alpha value is -3.07. The summed E-state index contributed by atoms with van der Waals surface area (Å²) in [5.41, 5.74) is 0.225. The van der Waals surface area contributed by atoms with Crippen LogP contribution in [0.15, 0.2) is 35.4 Å². The number of aliphatic hydroxyl groups excluding tert-OH is 1. The molecule has 0 radical (unpaired) electrons. The zero-order chi connectivity index (χ0) is 19.0. The molecule has 2 aromatic heterocycles. The maximum atomic E-state index is 13.5. The second kappa shape index (κ2) is 6.92. The number of aliphatic hydroxyl groups is 1. The second-order valence-corrected chi connectivity index (χ2v) is 6.69. The molecule has 0 unspecified atom stereocenters. The van der Waals surface area contributed by atoms with Crippen LogP contribution >= 0.6 is 0 Å². The molecule has 0 spiro atoms. The summed E-state index contributed by atoms with van der Waals surface area (Å²) in [6.45, 7) is 0. The first kappa shape index (κ1) is 17.3. The molecule has 1 amide bonds. The highest BCUT2D eigenvalue weighted by Crippen LogP contribution is 2.19. The van der Waals surface area contributed by atoms with Gasteiger partial charge in [0, 0.05) is 24.5 Å². The van der Waals surface area contributed by atoms with Crippen LogP contribution in [0, 0.1) is 5.82 Å². The molecule has 8 nitrogen and oxygen atoms in total. The number of carbonyl (C=O) groups excluding carboxylic acids is 1. The van der Waals surface area contributed by atoms with Gasteiger partial charge in [-0.05, 0) is 37.8 Å². The van der Waals surface area contributed by atoms with Crippen LogP contribution < -0.4 is 10.9 Å². The average molecular weight is 371 g/mol. The molecule has 4 rings (SSSR count). The largest absolute Gasteiger partial charge is 0.393 e. The van der Waals surface area contributed by atoms with Crippen LogP contribution in [0.4, 0.5) is 4.39 Å². The molecule has 1 saturated carbocycles. The van der Waals surface area contributed by atoms with E-state index >= 15 is 0 Å². The molecule has 0 bridgehead atoms. The number of hydrogen-bond donors (Lipinski definition) is 3. The van der Waals surface area contributed by atoms with E-state index in [1.807, 2.05) is 0 Å². The highest BCUT2D eigenvalue weighted by Gasteiger charge is 2.21. The fraction of sp³-hybridized carbons (Fsp3) is 0.333. The Balaban J connectivity index is 1.55. The predicted octanol–water partition coefficient (Wildman–Crippen LogP) is 1.28. The highest BCUT2D eigenvalue weighted by molar-refractivity contribution is 5.93. The van der Waals surface area contributed by atoms with E-state index in [0.717, 1.165) is 12.8 Å². The quantitative estimate of drug-likeness (QED) is 0.642. The van der Waals surface area contributed by atoms with Crippen molar-refractivity contribution < 1.29 is 14.3 Å². The zero-order valence-electron chi connectivity index (χ0n) is 14.4. The van der Waals surface area contributed by atoms with Crippen LogP contribution in [0.1, 0.15) is 36.0 Å².